The maximum Gasteiger partial charge on any atom is 0.326 e. The second-order valence-electron chi connectivity index (χ2n) is 5.63. The van der Waals surface area contributed by atoms with Crippen molar-refractivity contribution in [1.29, 1.82) is 0 Å². The maximum absolute atomic E-state index is 12.0. The molecule has 0 radical (unpaired) electrons. The Labute approximate surface area is 129 Å². The van der Waals surface area contributed by atoms with E-state index < -0.39 is 5.54 Å². The van der Waals surface area contributed by atoms with Crippen LogP contribution in [-0.4, -0.2) is 36.2 Å². The van der Waals surface area contributed by atoms with Crippen LogP contribution in [0.3, 0.4) is 0 Å². The highest BCUT2D eigenvalue weighted by atomic mass is 32.2. The third-order valence-corrected chi connectivity index (χ3v) is 4.99. The van der Waals surface area contributed by atoms with Gasteiger partial charge in [-0.1, -0.05) is 33.6 Å². The summed E-state index contributed by atoms with van der Waals surface area (Å²) in [5.74, 6) is 3.13. The molecule has 0 fully saturated rings. The van der Waals surface area contributed by atoms with E-state index in [0.717, 1.165) is 25.3 Å². The molecule has 0 saturated heterocycles. The molecule has 2 unspecified atom stereocenters. The molecule has 0 spiro atoms. The highest BCUT2D eigenvalue weighted by Gasteiger charge is 2.32. The summed E-state index contributed by atoms with van der Waals surface area (Å²) in [5, 5.41) is 3.28. The third kappa shape index (κ3) is 8.15. The zero-order valence-corrected chi connectivity index (χ0v) is 14.8. The molecule has 0 aliphatic rings. The summed E-state index contributed by atoms with van der Waals surface area (Å²) in [6, 6.07) is 0. The molecular formula is C16H33NO2S. The summed E-state index contributed by atoms with van der Waals surface area (Å²) < 4.78 is 5.18. The summed E-state index contributed by atoms with van der Waals surface area (Å²) >= 11 is 2.03. The minimum atomic E-state index is -0.522. The number of esters is 1. The van der Waals surface area contributed by atoms with E-state index in [0.29, 0.717) is 6.61 Å². The molecule has 20 heavy (non-hydrogen) atoms. The highest BCUT2D eigenvalue weighted by Crippen LogP contribution is 2.19. The van der Waals surface area contributed by atoms with Gasteiger partial charge in [0.05, 0.1) is 6.61 Å². The number of rotatable bonds is 12. The Morgan fingerprint density at radius 3 is 2.55 bits per heavy atom. The molecule has 1 N–H and O–H groups in total. The van der Waals surface area contributed by atoms with E-state index >= 15 is 0 Å². The van der Waals surface area contributed by atoms with Gasteiger partial charge < -0.3 is 10.1 Å². The molecule has 0 aromatic carbocycles. The number of likely N-dealkylation sites (N-methyl/N-ethyl adjacent to an activating group) is 1. The van der Waals surface area contributed by atoms with Gasteiger partial charge in [-0.25, -0.2) is 0 Å². The van der Waals surface area contributed by atoms with Gasteiger partial charge in [-0.15, -0.1) is 0 Å². The monoisotopic (exact) mass is 303 g/mol. The predicted molar refractivity (Wildman–Crippen MR) is 89.3 cm³/mol. The van der Waals surface area contributed by atoms with Crippen molar-refractivity contribution in [2.45, 2.75) is 65.8 Å². The number of carbonyl (C=O) groups excluding carboxylic acids is 1. The van der Waals surface area contributed by atoms with Crippen molar-refractivity contribution in [1.82, 2.24) is 5.32 Å². The summed E-state index contributed by atoms with van der Waals surface area (Å²) in [5.41, 5.74) is -0.522. The van der Waals surface area contributed by atoms with E-state index in [9.17, 15) is 4.79 Å². The molecule has 0 aliphatic carbocycles. The third-order valence-electron chi connectivity index (χ3n) is 3.61. The van der Waals surface area contributed by atoms with Crippen LogP contribution in [-0.2, 0) is 9.53 Å². The number of carbonyl (C=O) groups is 1. The van der Waals surface area contributed by atoms with Crippen molar-refractivity contribution < 1.29 is 9.53 Å². The quantitative estimate of drug-likeness (QED) is 0.439. The minimum absolute atomic E-state index is 0.117. The summed E-state index contributed by atoms with van der Waals surface area (Å²) in [7, 11) is 0. The molecule has 0 aromatic heterocycles. The van der Waals surface area contributed by atoms with E-state index in [4.69, 9.17) is 4.74 Å². The van der Waals surface area contributed by atoms with Crippen LogP contribution in [0.1, 0.15) is 60.3 Å². The van der Waals surface area contributed by atoms with Crippen LogP contribution in [0.5, 0.6) is 0 Å². The van der Waals surface area contributed by atoms with Gasteiger partial charge in [-0.2, -0.15) is 11.8 Å². The summed E-state index contributed by atoms with van der Waals surface area (Å²) in [4.78, 5) is 12.0. The second kappa shape index (κ2) is 11.4. The lowest BCUT2D eigenvalue weighted by Crippen LogP contribution is -2.50. The largest absolute Gasteiger partial charge is 0.465 e. The zero-order valence-electron chi connectivity index (χ0n) is 14.0. The molecule has 0 heterocycles. The van der Waals surface area contributed by atoms with E-state index in [-0.39, 0.29) is 5.97 Å². The first-order valence-electron chi connectivity index (χ1n) is 8.00. The highest BCUT2D eigenvalue weighted by molar-refractivity contribution is 7.99. The van der Waals surface area contributed by atoms with Crippen LogP contribution >= 0.6 is 11.8 Å². The molecule has 0 bridgehead atoms. The van der Waals surface area contributed by atoms with E-state index in [1.165, 1.54) is 24.3 Å². The smallest absolute Gasteiger partial charge is 0.326 e. The van der Waals surface area contributed by atoms with Gasteiger partial charge in [0, 0.05) is 0 Å². The average Bonchev–Trinajstić information content (AvgIpc) is 2.42. The van der Waals surface area contributed by atoms with E-state index in [2.05, 4.69) is 19.2 Å². The standard InChI is InChI=1S/C16H33NO2S/c1-6-14(4)13-20-12-10-9-11-16(5,17-7-2)15(18)19-8-3/h14,17H,6-13H2,1-5H3. The minimum Gasteiger partial charge on any atom is -0.465 e. The molecule has 0 aliphatic heterocycles. The number of ether oxygens (including phenoxy) is 1. The summed E-state index contributed by atoms with van der Waals surface area (Å²) in [6.07, 6.45) is 4.34. The first-order valence-corrected chi connectivity index (χ1v) is 9.15. The van der Waals surface area contributed by atoms with Crippen LogP contribution in [0.4, 0.5) is 0 Å². The Hall–Kier alpha value is -0.220. The van der Waals surface area contributed by atoms with Crippen molar-refractivity contribution in [3.05, 3.63) is 0 Å². The number of hydrogen-bond donors (Lipinski definition) is 1. The fraction of sp³-hybridized carbons (Fsp3) is 0.938. The SMILES string of the molecule is CCNC(C)(CCCCSCC(C)CC)C(=O)OCC. The van der Waals surface area contributed by atoms with Gasteiger partial charge in [0.15, 0.2) is 0 Å². The van der Waals surface area contributed by atoms with Gasteiger partial charge in [-0.05, 0) is 50.7 Å². The van der Waals surface area contributed by atoms with Crippen LogP contribution in [0.2, 0.25) is 0 Å². The van der Waals surface area contributed by atoms with Crippen molar-refractivity contribution in [3.8, 4) is 0 Å². The van der Waals surface area contributed by atoms with Crippen molar-refractivity contribution in [3.63, 3.8) is 0 Å². The normalized spacial score (nSPS) is 15.7. The number of unbranched alkanes of at least 4 members (excludes halogenated alkanes) is 1. The summed E-state index contributed by atoms with van der Waals surface area (Å²) in [6.45, 7) is 11.6. The molecule has 0 rings (SSSR count). The van der Waals surface area contributed by atoms with Gasteiger partial charge in [-0.3, -0.25) is 4.79 Å². The Morgan fingerprint density at radius 2 is 2.00 bits per heavy atom. The molecule has 2 atom stereocenters. The topological polar surface area (TPSA) is 38.3 Å². The molecule has 3 nitrogen and oxygen atoms in total. The van der Waals surface area contributed by atoms with Crippen LogP contribution < -0.4 is 5.32 Å². The first-order chi connectivity index (χ1) is 9.50. The lowest BCUT2D eigenvalue weighted by molar-refractivity contribution is -0.150. The fourth-order valence-corrected chi connectivity index (χ4v) is 3.24. The zero-order chi connectivity index (χ0) is 15.4. The predicted octanol–water partition coefficient (Wildman–Crippen LogP) is 3.87. The molecular weight excluding hydrogens is 270 g/mol. The lowest BCUT2D eigenvalue weighted by atomic mass is 9.95. The van der Waals surface area contributed by atoms with Crippen LogP contribution in [0.15, 0.2) is 0 Å². The van der Waals surface area contributed by atoms with Crippen LogP contribution in [0, 0.1) is 5.92 Å². The van der Waals surface area contributed by atoms with Gasteiger partial charge in [0.2, 0.25) is 0 Å². The van der Waals surface area contributed by atoms with Gasteiger partial charge in [0.25, 0.3) is 0 Å². The Morgan fingerprint density at radius 1 is 1.30 bits per heavy atom. The Bertz CT molecular complexity index is 261. The lowest BCUT2D eigenvalue weighted by Gasteiger charge is -2.28. The van der Waals surface area contributed by atoms with Gasteiger partial charge in [0.1, 0.15) is 5.54 Å². The fourth-order valence-electron chi connectivity index (χ4n) is 2.03. The molecule has 0 aromatic rings. The number of thioether (sulfide) groups is 1. The van der Waals surface area contributed by atoms with E-state index in [1.807, 2.05) is 32.5 Å². The molecule has 4 heteroatoms. The molecule has 0 amide bonds. The van der Waals surface area contributed by atoms with Gasteiger partial charge >= 0.3 is 5.97 Å². The van der Waals surface area contributed by atoms with Crippen molar-refractivity contribution in [2.75, 3.05) is 24.7 Å². The second-order valence-corrected chi connectivity index (χ2v) is 6.78. The van der Waals surface area contributed by atoms with E-state index in [1.54, 1.807) is 0 Å². The van der Waals surface area contributed by atoms with Crippen molar-refractivity contribution >= 4 is 17.7 Å². The number of nitrogens with one attached hydrogen (secondary N) is 1. The Balaban J connectivity index is 3.94. The van der Waals surface area contributed by atoms with Crippen LogP contribution in [0.25, 0.3) is 0 Å². The number of hydrogen-bond acceptors (Lipinski definition) is 4. The first kappa shape index (κ1) is 19.8. The molecule has 0 saturated carbocycles. The Kier molecular flexibility index (Phi) is 11.3. The van der Waals surface area contributed by atoms with Crippen molar-refractivity contribution in [2.24, 2.45) is 5.92 Å². The average molecular weight is 304 g/mol. The molecule has 120 valence electrons. The maximum atomic E-state index is 12.0.